The Morgan fingerprint density at radius 2 is 1.40 bits per heavy atom. The Morgan fingerprint density at radius 3 is 2.11 bits per heavy atom. The zero-order valence-electron chi connectivity index (χ0n) is 19.1. The molecule has 0 radical (unpaired) electrons. The normalized spacial score (nSPS) is 10.3. The molecule has 0 heterocycles. The van der Waals surface area contributed by atoms with Crippen molar-refractivity contribution in [1.82, 2.24) is 5.32 Å². The average molecular weight is 483 g/mol. The first-order valence-electron chi connectivity index (χ1n) is 11.3. The molecule has 0 aromatic heterocycles. The van der Waals surface area contributed by atoms with Crippen molar-refractivity contribution >= 4 is 28.9 Å². The molecule has 0 atom stereocenters. The Labute approximate surface area is 210 Å². The monoisotopic (exact) mass is 482 g/mol. The molecular formula is C29H26N2O3S. The lowest BCUT2D eigenvalue weighted by Gasteiger charge is -2.12. The van der Waals surface area contributed by atoms with Crippen LogP contribution in [0.5, 0.6) is 11.5 Å². The molecule has 2 N–H and O–H groups in total. The summed E-state index contributed by atoms with van der Waals surface area (Å²) in [5.74, 6) is 1.08. The van der Waals surface area contributed by atoms with Gasteiger partial charge >= 0.3 is 0 Å². The molecule has 1 amide bonds. The standard InChI is InChI=1S/C29H26N2O3S/c32-28(24-12-7-13-27(20-24)33-19-18-22-8-3-1-4-9-22)31-29(35)30-25-14-16-26(17-15-25)34-21-23-10-5-2-6-11-23/h1-17,20H,18-19,21H2,(H2,30,31,32,35). The second-order valence-corrected chi connectivity index (χ2v) is 8.23. The fourth-order valence-corrected chi connectivity index (χ4v) is 3.58. The van der Waals surface area contributed by atoms with E-state index in [2.05, 4.69) is 22.8 Å². The number of hydrogen-bond donors (Lipinski definition) is 2. The Hall–Kier alpha value is -4.16. The quantitative estimate of drug-likeness (QED) is 0.286. The zero-order valence-corrected chi connectivity index (χ0v) is 20.0. The van der Waals surface area contributed by atoms with Gasteiger partial charge in [0.25, 0.3) is 5.91 Å². The number of benzene rings is 4. The highest BCUT2D eigenvalue weighted by Gasteiger charge is 2.09. The van der Waals surface area contributed by atoms with E-state index in [1.54, 1.807) is 18.2 Å². The van der Waals surface area contributed by atoms with Crippen LogP contribution in [0.2, 0.25) is 0 Å². The Bertz CT molecular complexity index is 1250. The molecule has 6 heteroatoms. The molecule has 0 aliphatic rings. The summed E-state index contributed by atoms with van der Waals surface area (Å²) in [6, 6.07) is 34.6. The van der Waals surface area contributed by atoms with E-state index >= 15 is 0 Å². The van der Waals surface area contributed by atoms with Crippen molar-refractivity contribution in [1.29, 1.82) is 0 Å². The molecule has 0 bridgehead atoms. The third-order valence-electron chi connectivity index (χ3n) is 5.19. The van der Waals surface area contributed by atoms with Crippen molar-refractivity contribution in [3.8, 4) is 11.5 Å². The largest absolute Gasteiger partial charge is 0.493 e. The summed E-state index contributed by atoms with van der Waals surface area (Å²) in [5, 5.41) is 5.94. The van der Waals surface area contributed by atoms with E-state index in [0.717, 1.165) is 23.4 Å². The van der Waals surface area contributed by atoms with Gasteiger partial charge < -0.3 is 14.8 Å². The molecule has 0 aliphatic carbocycles. The van der Waals surface area contributed by atoms with Crippen LogP contribution in [0.4, 0.5) is 5.69 Å². The molecular weight excluding hydrogens is 456 g/mol. The van der Waals surface area contributed by atoms with Crippen LogP contribution in [0.1, 0.15) is 21.5 Å². The number of hydrogen-bond acceptors (Lipinski definition) is 4. The summed E-state index contributed by atoms with van der Waals surface area (Å²) in [5.41, 5.74) is 3.52. The zero-order chi connectivity index (χ0) is 24.3. The highest BCUT2D eigenvalue weighted by atomic mass is 32.1. The second-order valence-electron chi connectivity index (χ2n) is 7.82. The van der Waals surface area contributed by atoms with Gasteiger partial charge in [-0.05, 0) is 65.8 Å². The number of carbonyl (C=O) groups is 1. The fraction of sp³-hybridized carbons (Fsp3) is 0.103. The summed E-state index contributed by atoms with van der Waals surface area (Å²) in [6.45, 7) is 1.03. The lowest BCUT2D eigenvalue weighted by atomic mass is 10.2. The Morgan fingerprint density at radius 1 is 0.714 bits per heavy atom. The SMILES string of the molecule is O=C(NC(=S)Nc1ccc(OCc2ccccc2)cc1)c1cccc(OCCc2ccccc2)c1. The molecule has 4 aromatic carbocycles. The molecule has 5 nitrogen and oxygen atoms in total. The lowest BCUT2D eigenvalue weighted by molar-refractivity contribution is 0.0977. The summed E-state index contributed by atoms with van der Waals surface area (Å²) in [6.07, 6.45) is 0.793. The fourth-order valence-electron chi connectivity index (χ4n) is 3.37. The molecule has 176 valence electrons. The molecule has 4 aromatic rings. The highest BCUT2D eigenvalue weighted by Crippen LogP contribution is 2.18. The maximum atomic E-state index is 12.7. The summed E-state index contributed by atoms with van der Waals surface area (Å²) in [4.78, 5) is 12.7. The first-order chi connectivity index (χ1) is 17.2. The van der Waals surface area contributed by atoms with Crippen LogP contribution in [-0.4, -0.2) is 17.6 Å². The smallest absolute Gasteiger partial charge is 0.257 e. The number of rotatable bonds is 9. The molecule has 0 saturated heterocycles. The van der Waals surface area contributed by atoms with Crippen molar-refractivity contribution in [2.45, 2.75) is 13.0 Å². The van der Waals surface area contributed by atoms with Gasteiger partial charge in [0.05, 0.1) is 6.61 Å². The molecule has 35 heavy (non-hydrogen) atoms. The minimum absolute atomic E-state index is 0.211. The van der Waals surface area contributed by atoms with Gasteiger partial charge in [0.15, 0.2) is 5.11 Å². The van der Waals surface area contributed by atoms with E-state index in [-0.39, 0.29) is 11.0 Å². The minimum Gasteiger partial charge on any atom is -0.493 e. The van der Waals surface area contributed by atoms with Gasteiger partial charge in [-0.1, -0.05) is 66.7 Å². The third-order valence-corrected chi connectivity index (χ3v) is 5.39. The van der Waals surface area contributed by atoms with Crippen LogP contribution in [0.25, 0.3) is 0 Å². The number of thiocarbonyl (C=S) groups is 1. The van der Waals surface area contributed by atoms with E-state index in [4.69, 9.17) is 21.7 Å². The average Bonchev–Trinajstić information content (AvgIpc) is 2.90. The van der Waals surface area contributed by atoms with Crippen LogP contribution < -0.4 is 20.1 Å². The first kappa shape index (κ1) is 24.0. The lowest BCUT2D eigenvalue weighted by Crippen LogP contribution is -2.34. The molecule has 0 spiro atoms. The number of amides is 1. The molecule has 0 fully saturated rings. The molecule has 0 unspecified atom stereocenters. The predicted molar refractivity (Wildman–Crippen MR) is 143 cm³/mol. The first-order valence-corrected chi connectivity index (χ1v) is 11.7. The number of anilines is 1. The van der Waals surface area contributed by atoms with Gasteiger partial charge in [-0.3, -0.25) is 10.1 Å². The van der Waals surface area contributed by atoms with Crippen molar-refractivity contribution in [3.63, 3.8) is 0 Å². The number of ether oxygens (including phenoxy) is 2. The van der Waals surface area contributed by atoms with Crippen LogP contribution in [-0.2, 0) is 13.0 Å². The van der Waals surface area contributed by atoms with Crippen molar-refractivity contribution in [3.05, 3.63) is 126 Å². The summed E-state index contributed by atoms with van der Waals surface area (Å²) >= 11 is 5.31. The summed E-state index contributed by atoms with van der Waals surface area (Å²) in [7, 11) is 0. The van der Waals surface area contributed by atoms with E-state index < -0.39 is 0 Å². The van der Waals surface area contributed by atoms with E-state index in [0.29, 0.717) is 24.5 Å². The van der Waals surface area contributed by atoms with Crippen molar-refractivity contribution < 1.29 is 14.3 Å². The Kier molecular flexibility index (Phi) is 8.46. The van der Waals surface area contributed by atoms with E-state index in [1.165, 1.54) is 5.56 Å². The second kappa shape index (κ2) is 12.3. The maximum Gasteiger partial charge on any atom is 0.257 e. The number of carbonyl (C=O) groups excluding carboxylic acids is 1. The minimum atomic E-state index is -0.307. The van der Waals surface area contributed by atoms with Gasteiger partial charge in [0.1, 0.15) is 18.1 Å². The van der Waals surface area contributed by atoms with Crippen LogP contribution in [0, 0.1) is 0 Å². The van der Waals surface area contributed by atoms with Gasteiger partial charge in [-0.15, -0.1) is 0 Å². The highest BCUT2D eigenvalue weighted by molar-refractivity contribution is 7.80. The molecule has 0 aliphatic heterocycles. The third kappa shape index (κ3) is 7.69. The van der Waals surface area contributed by atoms with E-state index in [9.17, 15) is 4.79 Å². The Balaban J connectivity index is 1.24. The molecule has 4 rings (SSSR count). The van der Waals surface area contributed by atoms with Crippen LogP contribution in [0.3, 0.4) is 0 Å². The van der Waals surface area contributed by atoms with Gasteiger partial charge in [0.2, 0.25) is 0 Å². The van der Waals surface area contributed by atoms with Gasteiger partial charge in [-0.2, -0.15) is 0 Å². The number of nitrogens with one attached hydrogen (secondary N) is 2. The predicted octanol–water partition coefficient (Wildman–Crippen LogP) is 6.01. The topological polar surface area (TPSA) is 59.6 Å². The van der Waals surface area contributed by atoms with Crippen molar-refractivity contribution in [2.24, 2.45) is 0 Å². The van der Waals surface area contributed by atoms with Gasteiger partial charge in [-0.25, -0.2) is 0 Å². The van der Waals surface area contributed by atoms with Crippen LogP contribution in [0.15, 0.2) is 109 Å². The summed E-state index contributed by atoms with van der Waals surface area (Å²) < 4.78 is 11.6. The van der Waals surface area contributed by atoms with Crippen LogP contribution >= 0.6 is 12.2 Å². The molecule has 0 saturated carbocycles. The maximum absolute atomic E-state index is 12.7. The van der Waals surface area contributed by atoms with Crippen molar-refractivity contribution in [2.75, 3.05) is 11.9 Å². The van der Waals surface area contributed by atoms with Gasteiger partial charge in [0, 0.05) is 17.7 Å². The van der Waals surface area contributed by atoms with E-state index in [1.807, 2.05) is 78.9 Å².